The van der Waals surface area contributed by atoms with Crippen LogP contribution in [0.25, 0.3) is 16.7 Å². The average molecular weight is 489 g/mol. The van der Waals surface area contributed by atoms with Crippen LogP contribution >= 0.6 is 0 Å². The van der Waals surface area contributed by atoms with E-state index in [1.54, 1.807) is 13.2 Å². The van der Waals surface area contributed by atoms with Gasteiger partial charge in [0.05, 0.1) is 24.0 Å². The molecule has 3 aromatic heterocycles. The van der Waals surface area contributed by atoms with Gasteiger partial charge in [0.2, 0.25) is 11.8 Å². The molecule has 5 rings (SSSR count). The lowest BCUT2D eigenvalue weighted by Crippen LogP contribution is -2.55. The van der Waals surface area contributed by atoms with Crippen LogP contribution in [0.2, 0.25) is 0 Å². The maximum Gasteiger partial charge on any atom is 0.245 e. The Kier molecular flexibility index (Phi) is 7.32. The standard InChI is InChI=1S/C28H36N6O2/c1-19(29-2)27(35)32-25(20-8-4-3-5-9-20)28(36)34-14-7-11-24(34)22-16-23(18-30-17-22)33-15-12-21-10-6-13-31-26(21)33/h6,10,12-13,15-20,24-25,29H,3-5,7-9,11,14H2,1-2H3,(H,32,35)/t19-,24-,25-/m0/s1. The number of fused-ring (bicyclic) bond motifs is 1. The third-order valence-corrected chi connectivity index (χ3v) is 7.90. The van der Waals surface area contributed by atoms with E-state index in [9.17, 15) is 9.59 Å². The van der Waals surface area contributed by atoms with Gasteiger partial charge in [-0.05, 0) is 75.4 Å². The van der Waals surface area contributed by atoms with Crippen LogP contribution in [-0.2, 0) is 9.59 Å². The van der Waals surface area contributed by atoms with Gasteiger partial charge in [0.15, 0.2) is 0 Å². The van der Waals surface area contributed by atoms with E-state index in [0.29, 0.717) is 6.54 Å². The lowest BCUT2D eigenvalue weighted by atomic mass is 9.83. The minimum atomic E-state index is -0.483. The molecule has 8 nitrogen and oxygen atoms in total. The fraction of sp³-hybridized carbons (Fsp3) is 0.500. The van der Waals surface area contributed by atoms with Gasteiger partial charge in [0.25, 0.3) is 0 Å². The van der Waals surface area contributed by atoms with E-state index in [1.165, 1.54) is 6.42 Å². The van der Waals surface area contributed by atoms with Crippen LogP contribution in [0.5, 0.6) is 0 Å². The van der Waals surface area contributed by atoms with Crippen molar-refractivity contribution in [1.82, 2.24) is 30.1 Å². The summed E-state index contributed by atoms with van der Waals surface area (Å²) in [5, 5.41) is 7.19. The average Bonchev–Trinajstić information content (AvgIpc) is 3.59. The summed E-state index contributed by atoms with van der Waals surface area (Å²) in [6.45, 7) is 2.52. The Labute approximate surface area is 212 Å². The number of aromatic nitrogens is 3. The predicted octanol–water partition coefficient (Wildman–Crippen LogP) is 3.76. The SMILES string of the molecule is CN[C@@H](C)C(=O)N[C@H](C(=O)N1CCC[C@H]1c1cncc(-n2ccc3cccnc32)c1)C1CCCCC1. The Morgan fingerprint density at radius 2 is 1.92 bits per heavy atom. The van der Waals surface area contributed by atoms with E-state index in [1.807, 2.05) is 53.2 Å². The van der Waals surface area contributed by atoms with Gasteiger partial charge in [0, 0.05) is 30.5 Å². The van der Waals surface area contributed by atoms with Crippen molar-refractivity contribution in [2.45, 2.75) is 70.0 Å². The molecule has 8 heteroatoms. The topological polar surface area (TPSA) is 92.2 Å². The molecule has 190 valence electrons. The zero-order valence-corrected chi connectivity index (χ0v) is 21.2. The molecule has 0 unspecified atom stereocenters. The fourth-order valence-corrected chi connectivity index (χ4v) is 5.75. The summed E-state index contributed by atoms with van der Waals surface area (Å²) in [6.07, 6.45) is 14.7. The highest BCUT2D eigenvalue weighted by atomic mass is 16.2. The molecule has 1 aliphatic carbocycles. The zero-order chi connectivity index (χ0) is 25.1. The third-order valence-electron chi connectivity index (χ3n) is 7.90. The zero-order valence-electron chi connectivity index (χ0n) is 21.2. The van der Waals surface area contributed by atoms with Crippen molar-refractivity contribution < 1.29 is 9.59 Å². The number of hydrogen-bond acceptors (Lipinski definition) is 5. The van der Waals surface area contributed by atoms with E-state index < -0.39 is 6.04 Å². The number of likely N-dealkylation sites (N-methyl/N-ethyl adjacent to an activating group) is 1. The number of carbonyl (C=O) groups excluding carboxylic acids is 2. The van der Waals surface area contributed by atoms with Gasteiger partial charge < -0.3 is 15.5 Å². The number of pyridine rings is 2. The molecule has 0 spiro atoms. The molecule has 1 saturated carbocycles. The Morgan fingerprint density at radius 3 is 2.72 bits per heavy atom. The molecule has 0 aromatic carbocycles. The lowest BCUT2D eigenvalue weighted by molar-refractivity contribution is -0.139. The molecule has 1 saturated heterocycles. The summed E-state index contributed by atoms with van der Waals surface area (Å²) in [5.41, 5.74) is 2.84. The highest BCUT2D eigenvalue weighted by Gasteiger charge is 2.39. The summed E-state index contributed by atoms with van der Waals surface area (Å²) in [7, 11) is 1.77. The lowest BCUT2D eigenvalue weighted by Gasteiger charge is -2.35. The molecular weight excluding hydrogens is 452 g/mol. The molecule has 0 bridgehead atoms. The van der Waals surface area contributed by atoms with Crippen molar-refractivity contribution in [3.63, 3.8) is 0 Å². The largest absolute Gasteiger partial charge is 0.343 e. The second-order valence-corrected chi connectivity index (χ2v) is 10.2. The molecular formula is C28H36N6O2. The number of rotatable bonds is 7. The highest BCUT2D eigenvalue weighted by molar-refractivity contribution is 5.90. The van der Waals surface area contributed by atoms with Gasteiger partial charge >= 0.3 is 0 Å². The molecule has 2 fully saturated rings. The number of amides is 2. The Morgan fingerprint density at radius 1 is 1.08 bits per heavy atom. The van der Waals surface area contributed by atoms with Crippen molar-refractivity contribution in [2.75, 3.05) is 13.6 Å². The van der Waals surface area contributed by atoms with E-state index >= 15 is 0 Å². The minimum absolute atomic E-state index is 0.0412. The van der Waals surface area contributed by atoms with E-state index in [-0.39, 0.29) is 29.8 Å². The van der Waals surface area contributed by atoms with Crippen molar-refractivity contribution in [3.05, 3.63) is 54.6 Å². The van der Waals surface area contributed by atoms with Crippen LogP contribution in [0.4, 0.5) is 0 Å². The smallest absolute Gasteiger partial charge is 0.245 e. The van der Waals surface area contributed by atoms with E-state index in [0.717, 1.165) is 60.8 Å². The highest BCUT2D eigenvalue weighted by Crippen LogP contribution is 2.35. The van der Waals surface area contributed by atoms with Crippen LogP contribution in [0.15, 0.2) is 49.1 Å². The number of hydrogen-bond donors (Lipinski definition) is 2. The summed E-state index contributed by atoms with van der Waals surface area (Å²) < 4.78 is 2.04. The molecule has 2 N–H and O–H groups in total. The molecule has 1 aliphatic heterocycles. The second-order valence-electron chi connectivity index (χ2n) is 10.2. The van der Waals surface area contributed by atoms with Crippen LogP contribution in [0.1, 0.15) is 63.5 Å². The van der Waals surface area contributed by atoms with Gasteiger partial charge in [-0.25, -0.2) is 4.98 Å². The fourth-order valence-electron chi connectivity index (χ4n) is 5.75. The number of nitrogens with zero attached hydrogens (tertiary/aromatic N) is 4. The van der Waals surface area contributed by atoms with Gasteiger partial charge in [-0.3, -0.25) is 19.1 Å². The van der Waals surface area contributed by atoms with Gasteiger partial charge in [-0.1, -0.05) is 19.3 Å². The molecule has 36 heavy (non-hydrogen) atoms. The minimum Gasteiger partial charge on any atom is -0.343 e. The first-order valence-electron chi connectivity index (χ1n) is 13.2. The molecule has 2 aliphatic rings. The van der Waals surface area contributed by atoms with Crippen molar-refractivity contribution in [1.29, 1.82) is 0 Å². The van der Waals surface area contributed by atoms with Crippen molar-refractivity contribution in [3.8, 4) is 5.69 Å². The number of carbonyl (C=O) groups is 2. The maximum absolute atomic E-state index is 14.0. The van der Waals surface area contributed by atoms with Crippen LogP contribution in [0, 0.1) is 5.92 Å². The first kappa shape index (κ1) is 24.4. The summed E-state index contributed by atoms with van der Waals surface area (Å²) in [5.74, 6) is 0.106. The summed E-state index contributed by atoms with van der Waals surface area (Å²) >= 11 is 0. The second kappa shape index (κ2) is 10.8. The summed E-state index contributed by atoms with van der Waals surface area (Å²) in [4.78, 5) is 37.9. The van der Waals surface area contributed by atoms with Gasteiger partial charge in [0.1, 0.15) is 11.7 Å². The number of nitrogens with one attached hydrogen (secondary N) is 2. The Bertz CT molecular complexity index is 1220. The third kappa shape index (κ3) is 4.87. The van der Waals surface area contributed by atoms with Crippen LogP contribution < -0.4 is 10.6 Å². The quantitative estimate of drug-likeness (QED) is 0.528. The first-order chi connectivity index (χ1) is 17.6. The van der Waals surface area contributed by atoms with Crippen LogP contribution in [-0.4, -0.2) is 56.9 Å². The molecule has 4 heterocycles. The Hall–Kier alpha value is -3.26. The predicted molar refractivity (Wildman–Crippen MR) is 140 cm³/mol. The Balaban J connectivity index is 1.41. The van der Waals surface area contributed by atoms with E-state index in [4.69, 9.17) is 0 Å². The first-order valence-corrected chi connectivity index (χ1v) is 13.2. The summed E-state index contributed by atoms with van der Waals surface area (Å²) in [6, 6.07) is 7.26. The molecule has 3 atom stereocenters. The van der Waals surface area contributed by atoms with E-state index in [2.05, 4.69) is 26.7 Å². The number of likely N-dealkylation sites (tertiary alicyclic amines) is 1. The molecule has 3 aromatic rings. The van der Waals surface area contributed by atoms with Crippen molar-refractivity contribution in [2.24, 2.45) is 5.92 Å². The molecule has 2 amide bonds. The van der Waals surface area contributed by atoms with Gasteiger partial charge in [-0.2, -0.15) is 0 Å². The molecule has 0 radical (unpaired) electrons. The van der Waals surface area contributed by atoms with Crippen LogP contribution in [0.3, 0.4) is 0 Å². The van der Waals surface area contributed by atoms with Crippen molar-refractivity contribution >= 4 is 22.8 Å². The van der Waals surface area contributed by atoms with Gasteiger partial charge in [-0.15, -0.1) is 0 Å². The normalized spacial score (nSPS) is 20.4. The monoisotopic (exact) mass is 488 g/mol. The maximum atomic E-state index is 14.0.